The molecule has 0 amide bonds. The van der Waals surface area contributed by atoms with Crippen LogP contribution in [0.2, 0.25) is 0 Å². The number of imidazole rings is 1. The van der Waals surface area contributed by atoms with Gasteiger partial charge >= 0.3 is 11.9 Å². The van der Waals surface area contributed by atoms with E-state index in [0.717, 1.165) is 29.8 Å². The van der Waals surface area contributed by atoms with Crippen molar-refractivity contribution in [1.29, 1.82) is 0 Å². The molecule has 3 rings (SSSR count). The van der Waals surface area contributed by atoms with Gasteiger partial charge in [-0.1, -0.05) is 55.8 Å². The molecule has 0 atom stereocenters. The number of rotatable bonds is 12. The molecule has 0 saturated carbocycles. The highest BCUT2D eigenvalue weighted by Gasteiger charge is 2.24. The number of hydrogen-bond acceptors (Lipinski definition) is 5. The lowest BCUT2D eigenvalue weighted by atomic mass is 9.99. The summed E-state index contributed by atoms with van der Waals surface area (Å²) in [6.45, 7) is 3.96. The number of nitrogens with zero attached hydrogens (tertiary/aromatic N) is 2. The molecule has 180 valence electrons. The van der Waals surface area contributed by atoms with Crippen LogP contribution in [-0.2, 0) is 17.7 Å². The van der Waals surface area contributed by atoms with Gasteiger partial charge in [0.1, 0.15) is 10.9 Å². The van der Waals surface area contributed by atoms with Gasteiger partial charge in [-0.3, -0.25) is 4.39 Å². The number of aromatic carboxylic acids is 1. The number of halogens is 1. The Bertz CT molecular complexity index is 1130. The smallest absolute Gasteiger partial charge is 0.357 e. The number of alkyl halides is 1. The highest BCUT2D eigenvalue weighted by Crippen LogP contribution is 2.28. The second kappa shape index (κ2) is 12.4. The van der Waals surface area contributed by atoms with Crippen LogP contribution >= 0.6 is 11.8 Å². The largest absolute Gasteiger partial charge is 0.478 e. The molecule has 0 radical (unpaired) electrons. The fourth-order valence-corrected chi connectivity index (χ4v) is 4.47. The van der Waals surface area contributed by atoms with Crippen molar-refractivity contribution in [1.82, 2.24) is 9.55 Å². The average Bonchev–Trinajstić information content (AvgIpc) is 3.18. The van der Waals surface area contributed by atoms with Crippen molar-refractivity contribution in [2.24, 2.45) is 0 Å². The fourth-order valence-electron chi connectivity index (χ4n) is 3.70. The molecule has 0 saturated heterocycles. The van der Waals surface area contributed by atoms with Crippen molar-refractivity contribution in [3.63, 3.8) is 0 Å². The van der Waals surface area contributed by atoms with Crippen LogP contribution in [0.5, 0.6) is 0 Å². The molecule has 0 bridgehead atoms. The Morgan fingerprint density at radius 2 is 1.85 bits per heavy atom. The van der Waals surface area contributed by atoms with E-state index in [9.17, 15) is 19.1 Å². The molecule has 0 aliphatic heterocycles. The number of aryl methyl sites for hydroxylation is 1. The first kappa shape index (κ1) is 25.5. The quantitative estimate of drug-likeness (QED) is 0.255. The van der Waals surface area contributed by atoms with Gasteiger partial charge in [-0.25, -0.2) is 14.6 Å². The maximum Gasteiger partial charge on any atom is 0.357 e. The molecule has 1 aromatic heterocycles. The zero-order valence-corrected chi connectivity index (χ0v) is 20.2. The average molecular weight is 485 g/mol. The van der Waals surface area contributed by atoms with Crippen molar-refractivity contribution in [2.75, 3.05) is 19.0 Å². The second-order valence-corrected chi connectivity index (χ2v) is 8.76. The number of carbonyl (C=O) groups is 2. The lowest BCUT2D eigenvalue weighted by molar-refractivity contribution is 0.0509. The summed E-state index contributed by atoms with van der Waals surface area (Å²) in [5.41, 5.74) is 2.96. The van der Waals surface area contributed by atoms with Crippen LogP contribution in [0.4, 0.5) is 4.39 Å². The standard InChI is InChI=1S/C26H29FN2O4S/c1-3-5-10-22-28-24(34-16-15-27)23(26(32)33-4-2)29(22)17-18-11-13-19(14-12-18)20-8-6-7-9-21(20)25(30)31/h6-9,11-14H,3-5,10,15-17H2,1-2H3,(H,30,31). The van der Waals surface area contributed by atoms with Crippen LogP contribution in [0.3, 0.4) is 0 Å². The Morgan fingerprint density at radius 1 is 1.12 bits per heavy atom. The van der Waals surface area contributed by atoms with E-state index in [4.69, 9.17) is 4.74 Å². The van der Waals surface area contributed by atoms with Crippen molar-refractivity contribution >= 4 is 23.7 Å². The van der Waals surface area contributed by atoms with E-state index in [1.54, 1.807) is 25.1 Å². The molecule has 1 N–H and O–H groups in total. The van der Waals surface area contributed by atoms with E-state index < -0.39 is 18.6 Å². The van der Waals surface area contributed by atoms with Crippen LogP contribution in [0.15, 0.2) is 53.6 Å². The van der Waals surface area contributed by atoms with E-state index in [0.29, 0.717) is 29.2 Å². The Kier molecular flexibility index (Phi) is 9.27. The number of carboxylic acid groups (broad SMARTS) is 1. The molecule has 0 spiro atoms. The topological polar surface area (TPSA) is 81.4 Å². The van der Waals surface area contributed by atoms with Gasteiger partial charge in [0.25, 0.3) is 0 Å². The van der Waals surface area contributed by atoms with E-state index >= 15 is 0 Å². The molecular weight excluding hydrogens is 455 g/mol. The molecule has 0 unspecified atom stereocenters. The van der Waals surface area contributed by atoms with Gasteiger partial charge in [-0.05, 0) is 36.1 Å². The first-order chi connectivity index (χ1) is 16.5. The number of unbranched alkanes of at least 4 members (excludes halogenated alkanes) is 1. The number of aromatic nitrogens is 2. The van der Waals surface area contributed by atoms with Gasteiger partial charge in [0, 0.05) is 18.7 Å². The van der Waals surface area contributed by atoms with E-state index in [2.05, 4.69) is 11.9 Å². The number of ether oxygens (including phenoxy) is 1. The first-order valence-corrected chi connectivity index (χ1v) is 12.4. The van der Waals surface area contributed by atoms with Gasteiger partial charge in [0.15, 0.2) is 5.69 Å². The van der Waals surface area contributed by atoms with Gasteiger partial charge in [0.05, 0.1) is 18.8 Å². The van der Waals surface area contributed by atoms with Crippen LogP contribution in [-0.4, -0.2) is 45.6 Å². The van der Waals surface area contributed by atoms with Crippen LogP contribution in [0.1, 0.15) is 58.9 Å². The number of esters is 1. The minimum Gasteiger partial charge on any atom is -0.478 e. The summed E-state index contributed by atoms with van der Waals surface area (Å²) in [5.74, 6) is -0.456. The van der Waals surface area contributed by atoms with Crippen molar-refractivity contribution in [3.05, 3.63) is 71.2 Å². The second-order valence-electron chi connectivity index (χ2n) is 7.68. The summed E-state index contributed by atoms with van der Waals surface area (Å²) in [6, 6.07) is 14.5. The van der Waals surface area contributed by atoms with Crippen molar-refractivity contribution in [2.45, 2.75) is 44.7 Å². The maximum atomic E-state index is 12.9. The Morgan fingerprint density at radius 3 is 2.50 bits per heavy atom. The minimum atomic E-state index is -0.976. The molecule has 0 aliphatic carbocycles. The first-order valence-electron chi connectivity index (χ1n) is 11.4. The molecule has 1 heterocycles. The van der Waals surface area contributed by atoms with Crippen LogP contribution < -0.4 is 0 Å². The number of thioether (sulfide) groups is 1. The van der Waals surface area contributed by atoms with Gasteiger partial charge in [0.2, 0.25) is 0 Å². The molecule has 8 heteroatoms. The number of hydrogen-bond donors (Lipinski definition) is 1. The molecule has 6 nitrogen and oxygen atoms in total. The summed E-state index contributed by atoms with van der Waals surface area (Å²) < 4.78 is 20.0. The third-order valence-corrected chi connectivity index (χ3v) is 6.23. The monoisotopic (exact) mass is 484 g/mol. The normalized spacial score (nSPS) is 10.9. The lowest BCUT2D eigenvalue weighted by Crippen LogP contribution is -2.16. The third-order valence-electron chi connectivity index (χ3n) is 5.32. The molecule has 34 heavy (non-hydrogen) atoms. The summed E-state index contributed by atoms with van der Waals surface area (Å²) in [7, 11) is 0. The Hall–Kier alpha value is -3.13. The third kappa shape index (κ3) is 6.05. The summed E-state index contributed by atoms with van der Waals surface area (Å²) in [6.07, 6.45) is 2.59. The molecule has 0 aliphatic rings. The maximum absolute atomic E-state index is 12.9. The number of carboxylic acids is 1. The lowest BCUT2D eigenvalue weighted by Gasteiger charge is -2.13. The number of benzene rings is 2. The van der Waals surface area contributed by atoms with Gasteiger partial charge in [-0.2, -0.15) is 0 Å². The zero-order chi connectivity index (χ0) is 24.5. The highest BCUT2D eigenvalue weighted by atomic mass is 32.2. The minimum absolute atomic E-state index is 0.217. The molecule has 2 aromatic carbocycles. The van der Waals surface area contributed by atoms with Crippen molar-refractivity contribution in [3.8, 4) is 11.1 Å². The van der Waals surface area contributed by atoms with Crippen molar-refractivity contribution < 1.29 is 23.8 Å². The Balaban J connectivity index is 1.98. The van der Waals surface area contributed by atoms with Gasteiger partial charge < -0.3 is 14.4 Å². The molecular formula is C26H29FN2O4S. The predicted molar refractivity (Wildman–Crippen MR) is 131 cm³/mol. The fraction of sp³-hybridized carbons (Fsp3) is 0.346. The van der Waals surface area contributed by atoms with Crippen LogP contribution in [0.25, 0.3) is 11.1 Å². The zero-order valence-electron chi connectivity index (χ0n) is 19.4. The van der Waals surface area contributed by atoms with Gasteiger partial charge in [-0.15, -0.1) is 11.8 Å². The van der Waals surface area contributed by atoms with E-state index in [1.807, 2.05) is 34.9 Å². The molecule has 0 fully saturated rings. The predicted octanol–water partition coefficient (Wildman–Crippen LogP) is 5.88. The SMILES string of the molecule is CCCCc1nc(SCCF)c(C(=O)OCC)n1Cc1ccc(-c2ccccc2C(=O)O)cc1. The Labute approximate surface area is 203 Å². The van der Waals surface area contributed by atoms with E-state index in [1.165, 1.54) is 11.8 Å². The summed E-state index contributed by atoms with van der Waals surface area (Å²) in [4.78, 5) is 29.1. The number of carbonyl (C=O) groups excluding carboxylic acids is 1. The highest BCUT2D eigenvalue weighted by molar-refractivity contribution is 7.99. The summed E-state index contributed by atoms with van der Waals surface area (Å²) in [5, 5.41) is 9.98. The molecule has 3 aromatic rings. The van der Waals surface area contributed by atoms with Crippen LogP contribution in [0, 0.1) is 0 Å². The summed E-state index contributed by atoms with van der Waals surface area (Å²) >= 11 is 1.22. The van der Waals surface area contributed by atoms with E-state index in [-0.39, 0.29) is 17.9 Å².